The fourth-order valence-electron chi connectivity index (χ4n) is 2.61. The predicted octanol–water partition coefficient (Wildman–Crippen LogP) is 4.19. The Kier molecular flexibility index (Phi) is 5.90. The molecule has 1 atom stereocenters. The van der Waals surface area contributed by atoms with Crippen molar-refractivity contribution in [1.82, 2.24) is 15.3 Å². The topological polar surface area (TPSA) is 57.8 Å². The lowest BCUT2D eigenvalue weighted by Gasteiger charge is -2.15. The molecule has 0 saturated carbocycles. The standard InChI is InChI=1S/C20H21N3OS/c1-25-14-13-18(20-22-16-9-5-6-10-17(16)23-20)21-19(24)12-11-15-7-3-2-4-8-15/h2-12,18H,13-14H2,1H3,(H,21,24)(H,22,23)/b12-11+/t18-/m0/s1. The van der Waals surface area contributed by atoms with Crippen molar-refractivity contribution < 1.29 is 4.79 Å². The SMILES string of the molecule is CSCC[C@H](NC(=O)/C=C/c1ccccc1)c1nc2ccccc2[nH]1. The molecule has 1 aromatic heterocycles. The van der Waals surface area contributed by atoms with Crippen molar-refractivity contribution in [3.05, 3.63) is 72.1 Å². The van der Waals surface area contributed by atoms with Crippen molar-refractivity contribution in [3.8, 4) is 0 Å². The molecule has 0 unspecified atom stereocenters. The first kappa shape index (κ1) is 17.3. The van der Waals surface area contributed by atoms with Crippen LogP contribution >= 0.6 is 11.8 Å². The Balaban J connectivity index is 1.74. The van der Waals surface area contributed by atoms with E-state index in [2.05, 4.69) is 21.5 Å². The quantitative estimate of drug-likeness (QED) is 0.628. The van der Waals surface area contributed by atoms with Gasteiger partial charge in [-0.3, -0.25) is 4.79 Å². The number of nitrogens with zero attached hydrogens (tertiary/aromatic N) is 1. The highest BCUT2D eigenvalue weighted by atomic mass is 32.2. The second kappa shape index (κ2) is 8.53. The van der Waals surface area contributed by atoms with Crippen LogP contribution < -0.4 is 5.32 Å². The molecule has 0 aliphatic carbocycles. The number of thioether (sulfide) groups is 1. The average molecular weight is 351 g/mol. The minimum atomic E-state index is -0.132. The van der Waals surface area contributed by atoms with Gasteiger partial charge in [0, 0.05) is 6.08 Å². The summed E-state index contributed by atoms with van der Waals surface area (Å²) in [5, 5.41) is 3.07. The van der Waals surface area contributed by atoms with E-state index in [-0.39, 0.29) is 11.9 Å². The Hall–Kier alpha value is -2.53. The van der Waals surface area contributed by atoms with E-state index in [9.17, 15) is 4.79 Å². The zero-order valence-corrected chi connectivity index (χ0v) is 14.9. The molecule has 128 valence electrons. The summed E-state index contributed by atoms with van der Waals surface area (Å²) in [5.41, 5.74) is 2.91. The average Bonchev–Trinajstić information content (AvgIpc) is 3.08. The van der Waals surface area contributed by atoms with E-state index in [1.807, 2.05) is 60.7 Å². The van der Waals surface area contributed by atoms with Gasteiger partial charge in [-0.15, -0.1) is 0 Å². The molecule has 0 fully saturated rings. The zero-order valence-electron chi connectivity index (χ0n) is 14.1. The lowest BCUT2D eigenvalue weighted by atomic mass is 10.2. The summed E-state index contributed by atoms with van der Waals surface area (Å²) in [6.45, 7) is 0. The van der Waals surface area contributed by atoms with Gasteiger partial charge in [0.2, 0.25) is 5.91 Å². The van der Waals surface area contributed by atoms with Crippen molar-refractivity contribution in [2.24, 2.45) is 0 Å². The number of aromatic nitrogens is 2. The fraction of sp³-hybridized carbons (Fsp3) is 0.200. The van der Waals surface area contributed by atoms with Crippen LogP contribution in [0.25, 0.3) is 17.1 Å². The Morgan fingerprint density at radius 1 is 1.20 bits per heavy atom. The Morgan fingerprint density at radius 3 is 2.72 bits per heavy atom. The maximum absolute atomic E-state index is 12.3. The minimum absolute atomic E-state index is 0.115. The molecule has 0 aliphatic rings. The molecule has 5 heteroatoms. The predicted molar refractivity (Wildman–Crippen MR) is 105 cm³/mol. The number of hydrogen-bond donors (Lipinski definition) is 2. The molecule has 3 aromatic rings. The van der Waals surface area contributed by atoms with Crippen LogP contribution in [0.4, 0.5) is 0 Å². The van der Waals surface area contributed by atoms with Gasteiger partial charge in [0.1, 0.15) is 5.82 Å². The van der Waals surface area contributed by atoms with Gasteiger partial charge in [-0.2, -0.15) is 11.8 Å². The van der Waals surface area contributed by atoms with Crippen molar-refractivity contribution in [3.63, 3.8) is 0 Å². The van der Waals surface area contributed by atoms with Gasteiger partial charge in [-0.25, -0.2) is 4.98 Å². The summed E-state index contributed by atoms with van der Waals surface area (Å²) in [6, 6.07) is 17.6. The number of carbonyl (C=O) groups excluding carboxylic acids is 1. The molecule has 1 amide bonds. The van der Waals surface area contributed by atoms with E-state index < -0.39 is 0 Å². The van der Waals surface area contributed by atoms with Gasteiger partial charge in [0.15, 0.2) is 0 Å². The van der Waals surface area contributed by atoms with Crippen LogP contribution in [0.1, 0.15) is 23.9 Å². The molecule has 2 N–H and O–H groups in total. The van der Waals surface area contributed by atoms with Crippen LogP contribution in [-0.2, 0) is 4.79 Å². The number of fused-ring (bicyclic) bond motifs is 1. The van der Waals surface area contributed by atoms with Crippen molar-refractivity contribution in [2.45, 2.75) is 12.5 Å². The first-order valence-corrected chi connectivity index (χ1v) is 9.63. The number of nitrogens with one attached hydrogen (secondary N) is 2. The van der Waals surface area contributed by atoms with Crippen LogP contribution in [0.15, 0.2) is 60.7 Å². The Labute approximate surface area is 151 Å². The number of para-hydroxylation sites is 2. The zero-order chi connectivity index (χ0) is 17.5. The molecule has 0 aliphatic heterocycles. The molecule has 0 radical (unpaired) electrons. The van der Waals surface area contributed by atoms with Crippen LogP contribution in [0.5, 0.6) is 0 Å². The van der Waals surface area contributed by atoms with E-state index in [1.165, 1.54) is 0 Å². The molecule has 3 rings (SSSR count). The molecular weight excluding hydrogens is 330 g/mol. The molecule has 0 saturated heterocycles. The Morgan fingerprint density at radius 2 is 1.96 bits per heavy atom. The lowest BCUT2D eigenvalue weighted by molar-refractivity contribution is -0.117. The van der Waals surface area contributed by atoms with Crippen molar-refractivity contribution in [1.29, 1.82) is 0 Å². The third kappa shape index (κ3) is 4.73. The van der Waals surface area contributed by atoms with Gasteiger partial charge in [-0.1, -0.05) is 42.5 Å². The molecule has 0 spiro atoms. The highest BCUT2D eigenvalue weighted by Gasteiger charge is 2.17. The number of H-pyrrole nitrogens is 1. The number of hydrogen-bond acceptors (Lipinski definition) is 3. The lowest BCUT2D eigenvalue weighted by Crippen LogP contribution is -2.28. The fourth-order valence-corrected chi connectivity index (χ4v) is 3.08. The molecule has 1 heterocycles. The van der Waals surface area contributed by atoms with Gasteiger partial charge >= 0.3 is 0 Å². The van der Waals surface area contributed by atoms with Crippen molar-refractivity contribution >= 4 is 34.8 Å². The van der Waals surface area contributed by atoms with Gasteiger partial charge < -0.3 is 10.3 Å². The van der Waals surface area contributed by atoms with E-state index >= 15 is 0 Å². The van der Waals surface area contributed by atoms with E-state index in [4.69, 9.17) is 0 Å². The van der Waals surface area contributed by atoms with E-state index in [0.717, 1.165) is 34.6 Å². The number of rotatable bonds is 7. The summed E-state index contributed by atoms with van der Waals surface area (Å²) in [7, 11) is 0. The third-order valence-electron chi connectivity index (χ3n) is 3.89. The first-order valence-electron chi connectivity index (χ1n) is 8.23. The summed E-state index contributed by atoms with van der Waals surface area (Å²) in [6.07, 6.45) is 6.28. The highest BCUT2D eigenvalue weighted by molar-refractivity contribution is 7.98. The van der Waals surface area contributed by atoms with Gasteiger partial charge in [0.05, 0.1) is 17.1 Å². The second-order valence-electron chi connectivity index (χ2n) is 5.73. The molecule has 25 heavy (non-hydrogen) atoms. The smallest absolute Gasteiger partial charge is 0.244 e. The summed E-state index contributed by atoms with van der Waals surface area (Å²) in [5.74, 6) is 1.64. The number of amides is 1. The van der Waals surface area contributed by atoms with Crippen molar-refractivity contribution in [2.75, 3.05) is 12.0 Å². The van der Waals surface area contributed by atoms with Crippen LogP contribution in [0, 0.1) is 0 Å². The summed E-state index contributed by atoms with van der Waals surface area (Å²) < 4.78 is 0. The van der Waals surface area contributed by atoms with Crippen LogP contribution in [0.2, 0.25) is 0 Å². The molecule has 0 bridgehead atoms. The number of benzene rings is 2. The number of carbonyl (C=O) groups is 1. The number of aromatic amines is 1. The second-order valence-corrected chi connectivity index (χ2v) is 6.71. The maximum atomic E-state index is 12.3. The third-order valence-corrected chi connectivity index (χ3v) is 4.54. The van der Waals surface area contributed by atoms with Gasteiger partial charge in [-0.05, 0) is 42.2 Å². The van der Waals surface area contributed by atoms with Crippen LogP contribution in [0.3, 0.4) is 0 Å². The monoisotopic (exact) mass is 351 g/mol. The largest absolute Gasteiger partial charge is 0.343 e. The summed E-state index contributed by atoms with van der Waals surface area (Å²) in [4.78, 5) is 20.3. The maximum Gasteiger partial charge on any atom is 0.244 e. The van der Waals surface area contributed by atoms with Crippen LogP contribution in [-0.4, -0.2) is 27.9 Å². The summed E-state index contributed by atoms with van der Waals surface area (Å²) >= 11 is 1.76. The molecule has 4 nitrogen and oxygen atoms in total. The molecular formula is C20H21N3OS. The van der Waals surface area contributed by atoms with E-state index in [0.29, 0.717) is 0 Å². The number of imidazole rings is 1. The van der Waals surface area contributed by atoms with E-state index in [1.54, 1.807) is 17.8 Å². The highest BCUT2D eigenvalue weighted by Crippen LogP contribution is 2.20. The normalized spacial score (nSPS) is 12.5. The molecule has 2 aromatic carbocycles. The first-order chi connectivity index (χ1) is 12.3. The minimum Gasteiger partial charge on any atom is -0.343 e. The van der Waals surface area contributed by atoms with Gasteiger partial charge in [0.25, 0.3) is 0 Å². The Bertz CT molecular complexity index is 825.